The van der Waals surface area contributed by atoms with Crippen molar-refractivity contribution < 1.29 is 9.59 Å². The third-order valence-corrected chi connectivity index (χ3v) is 4.98. The molecular formula is C16H19N3O2S. The Bertz CT molecular complexity index is 712. The van der Waals surface area contributed by atoms with Crippen molar-refractivity contribution in [1.29, 1.82) is 0 Å². The van der Waals surface area contributed by atoms with Crippen LogP contribution in [0.1, 0.15) is 23.7 Å². The third-order valence-electron chi connectivity index (χ3n) is 4.19. The second kappa shape index (κ2) is 6.04. The first-order valence-corrected chi connectivity index (χ1v) is 8.27. The van der Waals surface area contributed by atoms with Crippen LogP contribution in [0.4, 0.5) is 0 Å². The summed E-state index contributed by atoms with van der Waals surface area (Å²) in [4.78, 5) is 31.8. The molecule has 0 N–H and O–H groups in total. The van der Waals surface area contributed by atoms with Gasteiger partial charge in [-0.1, -0.05) is 0 Å². The molecule has 0 spiro atoms. The van der Waals surface area contributed by atoms with E-state index in [9.17, 15) is 9.59 Å². The first-order valence-electron chi connectivity index (χ1n) is 7.39. The van der Waals surface area contributed by atoms with Gasteiger partial charge < -0.3 is 9.80 Å². The number of aromatic nitrogens is 1. The molecule has 0 aliphatic carbocycles. The van der Waals surface area contributed by atoms with Crippen LogP contribution in [0.3, 0.4) is 0 Å². The number of carbonyl (C=O) groups is 2. The van der Waals surface area contributed by atoms with Crippen LogP contribution < -0.4 is 0 Å². The van der Waals surface area contributed by atoms with Gasteiger partial charge in [0.25, 0.3) is 5.91 Å². The average molecular weight is 317 g/mol. The fraction of sp³-hybridized carbons (Fsp3) is 0.438. The highest BCUT2D eigenvalue weighted by Gasteiger charge is 2.26. The molecule has 0 radical (unpaired) electrons. The van der Waals surface area contributed by atoms with Gasteiger partial charge in [-0.3, -0.25) is 9.59 Å². The molecule has 1 aromatic carbocycles. The molecule has 5 nitrogen and oxygen atoms in total. The highest BCUT2D eigenvalue weighted by atomic mass is 32.1. The summed E-state index contributed by atoms with van der Waals surface area (Å²) in [5.74, 6) is 0.508. The van der Waals surface area contributed by atoms with Crippen molar-refractivity contribution in [2.24, 2.45) is 5.92 Å². The zero-order chi connectivity index (χ0) is 15.7. The Morgan fingerprint density at radius 3 is 3.00 bits per heavy atom. The Balaban J connectivity index is 1.65. The first-order chi connectivity index (χ1) is 10.5. The topological polar surface area (TPSA) is 53.5 Å². The molecule has 6 heteroatoms. The molecule has 1 aromatic heterocycles. The Morgan fingerprint density at radius 2 is 2.27 bits per heavy atom. The molecule has 2 heterocycles. The Kier molecular flexibility index (Phi) is 4.11. The monoisotopic (exact) mass is 317 g/mol. The van der Waals surface area contributed by atoms with Gasteiger partial charge >= 0.3 is 0 Å². The fourth-order valence-corrected chi connectivity index (χ4v) is 3.66. The van der Waals surface area contributed by atoms with Gasteiger partial charge in [0, 0.05) is 39.2 Å². The van der Waals surface area contributed by atoms with Crippen LogP contribution in [0, 0.1) is 5.92 Å². The second-order valence-electron chi connectivity index (χ2n) is 5.84. The zero-order valence-electron chi connectivity index (χ0n) is 12.8. The Morgan fingerprint density at radius 1 is 1.45 bits per heavy atom. The molecule has 22 heavy (non-hydrogen) atoms. The van der Waals surface area contributed by atoms with E-state index in [1.807, 2.05) is 30.1 Å². The SMILES string of the molecule is CC(=O)N1CCC(CN(C)C(=O)c2ccc3ncsc3c2)C1. The first kappa shape index (κ1) is 15.0. The van der Waals surface area contributed by atoms with Crippen LogP contribution in [-0.4, -0.2) is 53.3 Å². The van der Waals surface area contributed by atoms with E-state index >= 15 is 0 Å². The smallest absolute Gasteiger partial charge is 0.253 e. The molecular weight excluding hydrogens is 298 g/mol. The fourth-order valence-electron chi connectivity index (χ4n) is 2.95. The standard InChI is InChI=1S/C16H19N3O2S/c1-11(20)19-6-5-12(9-19)8-18(2)16(21)13-3-4-14-15(7-13)22-10-17-14/h3-4,7,10,12H,5-6,8-9H2,1-2H3. The molecule has 0 bridgehead atoms. The molecule has 1 aliphatic rings. The van der Waals surface area contributed by atoms with E-state index < -0.39 is 0 Å². The lowest BCUT2D eigenvalue weighted by Crippen LogP contribution is -2.33. The number of nitrogens with zero attached hydrogens (tertiary/aromatic N) is 3. The minimum atomic E-state index is 0.0246. The largest absolute Gasteiger partial charge is 0.343 e. The maximum atomic E-state index is 12.5. The van der Waals surface area contributed by atoms with Crippen molar-refractivity contribution >= 4 is 33.4 Å². The van der Waals surface area contributed by atoms with Gasteiger partial charge in [0.15, 0.2) is 0 Å². The molecule has 1 unspecified atom stereocenters. The van der Waals surface area contributed by atoms with Crippen LogP contribution in [0.5, 0.6) is 0 Å². The maximum absolute atomic E-state index is 12.5. The maximum Gasteiger partial charge on any atom is 0.253 e. The molecule has 2 amide bonds. The molecule has 1 aliphatic heterocycles. The van der Waals surface area contributed by atoms with Gasteiger partial charge in [-0.15, -0.1) is 11.3 Å². The normalized spacial score (nSPS) is 17.9. The average Bonchev–Trinajstić information content (AvgIpc) is 3.14. The minimum absolute atomic E-state index is 0.0246. The predicted molar refractivity (Wildman–Crippen MR) is 86.9 cm³/mol. The second-order valence-corrected chi connectivity index (χ2v) is 6.73. The third kappa shape index (κ3) is 2.97. The quantitative estimate of drug-likeness (QED) is 0.872. The van der Waals surface area contributed by atoms with Crippen molar-refractivity contribution in [2.45, 2.75) is 13.3 Å². The van der Waals surface area contributed by atoms with Crippen molar-refractivity contribution in [2.75, 3.05) is 26.7 Å². The zero-order valence-corrected chi connectivity index (χ0v) is 13.6. The van der Waals surface area contributed by atoms with Gasteiger partial charge in [0.2, 0.25) is 5.91 Å². The Hall–Kier alpha value is -1.95. The lowest BCUT2D eigenvalue weighted by Gasteiger charge is -2.21. The summed E-state index contributed by atoms with van der Waals surface area (Å²) in [6.45, 7) is 3.83. The van der Waals surface area contributed by atoms with E-state index in [1.165, 1.54) is 0 Å². The minimum Gasteiger partial charge on any atom is -0.343 e. The van der Waals surface area contributed by atoms with E-state index in [0.717, 1.165) is 29.7 Å². The highest BCUT2D eigenvalue weighted by molar-refractivity contribution is 7.16. The van der Waals surface area contributed by atoms with Gasteiger partial charge in [0.1, 0.15) is 0 Å². The summed E-state index contributed by atoms with van der Waals surface area (Å²) in [6.07, 6.45) is 0.963. The van der Waals surface area contributed by atoms with Crippen molar-refractivity contribution in [3.63, 3.8) is 0 Å². The molecule has 0 saturated carbocycles. The number of carbonyl (C=O) groups excluding carboxylic acids is 2. The predicted octanol–water partition coefficient (Wildman–Crippen LogP) is 2.24. The van der Waals surface area contributed by atoms with Gasteiger partial charge in [-0.2, -0.15) is 0 Å². The molecule has 116 valence electrons. The number of hydrogen-bond acceptors (Lipinski definition) is 4. The number of likely N-dealkylation sites (tertiary alicyclic amines) is 1. The number of hydrogen-bond donors (Lipinski definition) is 0. The summed E-state index contributed by atoms with van der Waals surface area (Å²) in [6, 6.07) is 5.62. The number of fused-ring (bicyclic) bond motifs is 1. The van der Waals surface area contributed by atoms with Crippen LogP contribution in [0.2, 0.25) is 0 Å². The van der Waals surface area contributed by atoms with E-state index in [-0.39, 0.29) is 11.8 Å². The van der Waals surface area contributed by atoms with Gasteiger partial charge in [0.05, 0.1) is 15.7 Å². The number of thiazole rings is 1. The van der Waals surface area contributed by atoms with E-state index in [1.54, 1.807) is 28.7 Å². The summed E-state index contributed by atoms with van der Waals surface area (Å²) < 4.78 is 1.03. The number of amides is 2. The van der Waals surface area contributed by atoms with Gasteiger partial charge in [-0.25, -0.2) is 4.98 Å². The van der Waals surface area contributed by atoms with Crippen LogP contribution in [-0.2, 0) is 4.79 Å². The molecule has 1 saturated heterocycles. The molecule has 1 atom stereocenters. The summed E-state index contributed by atoms with van der Waals surface area (Å²) in [5.41, 5.74) is 3.41. The van der Waals surface area contributed by atoms with Crippen molar-refractivity contribution in [3.8, 4) is 0 Å². The van der Waals surface area contributed by atoms with Crippen molar-refractivity contribution in [3.05, 3.63) is 29.3 Å². The van der Waals surface area contributed by atoms with Crippen molar-refractivity contribution in [1.82, 2.24) is 14.8 Å². The molecule has 1 fully saturated rings. The van der Waals surface area contributed by atoms with Crippen LogP contribution in [0.25, 0.3) is 10.2 Å². The van der Waals surface area contributed by atoms with Gasteiger partial charge in [-0.05, 0) is 30.5 Å². The van der Waals surface area contributed by atoms with Crippen LogP contribution in [0.15, 0.2) is 23.7 Å². The van der Waals surface area contributed by atoms with E-state index in [0.29, 0.717) is 18.0 Å². The molecule has 2 aromatic rings. The lowest BCUT2D eigenvalue weighted by molar-refractivity contribution is -0.127. The number of benzene rings is 1. The Labute approximate surface area is 133 Å². The summed E-state index contributed by atoms with van der Waals surface area (Å²) in [7, 11) is 1.83. The summed E-state index contributed by atoms with van der Waals surface area (Å²) in [5, 5.41) is 0. The van der Waals surface area contributed by atoms with Crippen LogP contribution >= 0.6 is 11.3 Å². The van der Waals surface area contributed by atoms with E-state index in [2.05, 4.69) is 4.98 Å². The van der Waals surface area contributed by atoms with E-state index in [4.69, 9.17) is 0 Å². The number of rotatable bonds is 3. The summed E-state index contributed by atoms with van der Waals surface area (Å²) >= 11 is 1.54. The molecule has 3 rings (SSSR count). The highest BCUT2D eigenvalue weighted by Crippen LogP contribution is 2.21. The lowest BCUT2D eigenvalue weighted by atomic mass is 10.1.